The zero-order valence-electron chi connectivity index (χ0n) is 9.56. The van der Waals surface area contributed by atoms with Crippen LogP contribution in [-0.2, 0) is 6.54 Å². The van der Waals surface area contributed by atoms with Gasteiger partial charge in [0.15, 0.2) is 0 Å². The molecule has 0 spiro atoms. The number of nitro benzene ring substituents is 1. The highest BCUT2D eigenvalue weighted by Gasteiger charge is 2.14. The summed E-state index contributed by atoms with van der Waals surface area (Å²) >= 11 is 3.41. The molecule has 1 heterocycles. The summed E-state index contributed by atoms with van der Waals surface area (Å²) in [6.07, 6.45) is 3.83. The highest BCUT2D eigenvalue weighted by atomic mass is 79.9. The van der Waals surface area contributed by atoms with Crippen molar-refractivity contribution < 1.29 is 4.92 Å². The molecule has 4 nitrogen and oxygen atoms in total. The fraction of sp³-hybridized carbons (Fsp3) is 0.500. The predicted molar refractivity (Wildman–Crippen MR) is 69.9 cm³/mol. The van der Waals surface area contributed by atoms with Crippen molar-refractivity contribution in [1.29, 1.82) is 0 Å². The van der Waals surface area contributed by atoms with E-state index in [1.807, 2.05) is 6.07 Å². The van der Waals surface area contributed by atoms with Crippen LogP contribution in [0.2, 0.25) is 0 Å². The molecule has 2 rings (SSSR count). The Morgan fingerprint density at radius 2 is 2.00 bits per heavy atom. The van der Waals surface area contributed by atoms with E-state index in [1.165, 1.54) is 19.3 Å². The molecule has 92 valence electrons. The fourth-order valence-corrected chi connectivity index (χ4v) is 2.63. The molecular weight excluding hydrogens is 284 g/mol. The van der Waals surface area contributed by atoms with Gasteiger partial charge in [0.05, 0.1) is 4.92 Å². The number of non-ortho nitro benzene ring substituents is 1. The standard InChI is InChI=1S/C12H15BrN2O2/c13-12-8-11(15(16)17)5-4-10(12)9-14-6-2-1-3-7-14/h4-5,8H,1-3,6-7,9H2. The summed E-state index contributed by atoms with van der Waals surface area (Å²) in [5.74, 6) is 0. The molecule has 0 amide bonds. The van der Waals surface area contributed by atoms with Crippen LogP contribution in [0.3, 0.4) is 0 Å². The lowest BCUT2D eigenvalue weighted by atomic mass is 10.1. The van der Waals surface area contributed by atoms with E-state index in [4.69, 9.17) is 0 Å². The second kappa shape index (κ2) is 5.60. The topological polar surface area (TPSA) is 46.4 Å². The quantitative estimate of drug-likeness (QED) is 0.635. The van der Waals surface area contributed by atoms with Gasteiger partial charge in [0.2, 0.25) is 0 Å². The molecule has 0 N–H and O–H groups in total. The normalized spacial score (nSPS) is 17.0. The molecule has 0 radical (unpaired) electrons. The summed E-state index contributed by atoms with van der Waals surface area (Å²) in [5, 5.41) is 10.6. The second-order valence-electron chi connectivity index (χ2n) is 4.37. The van der Waals surface area contributed by atoms with Gasteiger partial charge in [0, 0.05) is 23.2 Å². The maximum atomic E-state index is 10.6. The van der Waals surface area contributed by atoms with Crippen LogP contribution in [0.5, 0.6) is 0 Å². The first-order valence-corrected chi connectivity index (χ1v) is 6.61. The molecule has 1 fully saturated rings. The number of nitrogens with zero attached hydrogens (tertiary/aromatic N) is 2. The van der Waals surface area contributed by atoms with E-state index in [-0.39, 0.29) is 10.6 Å². The Labute approximate surface area is 109 Å². The van der Waals surface area contributed by atoms with Gasteiger partial charge in [-0.3, -0.25) is 15.0 Å². The summed E-state index contributed by atoms with van der Waals surface area (Å²) in [6.45, 7) is 3.13. The van der Waals surface area contributed by atoms with Crippen molar-refractivity contribution in [1.82, 2.24) is 4.90 Å². The van der Waals surface area contributed by atoms with Crippen LogP contribution in [0.15, 0.2) is 22.7 Å². The first-order chi connectivity index (χ1) is 8.16. The van der Waals surface area contributed by atoms with Gasteiger partial charge in [0.1, 0.15) is 0 Å². The van der Waals surface area contributed by atoms with Crippen molar-refractivity contribution >= 4 is 21.6 Å². The number of nitro groups is 1. The second-order valence-corrected chi connectivity index (χ2v) is 5.22. The summed E-state index contributed by atoms with van der Waals surface area (Å²) < 4.78 is 0.831. The zero-order chi connectivity index (χ0) is 12.3. The van der Waals surface area contributed by atoms with E-state index in [0.29, 0.717) is 0 Å². The van der Waals surface area contributed by atoms with E-state index in [1.54, 1.807) is 12.1 Å². The van der Waals surface area contributed by atoms with Crippen molar-refractivity contribution in [2.24, 2.45) is 0 Å². The van der Waals surface area contributed by atoms with Gasteiger partial charge >= 0.3 is 0 Å². The van der Waals surface area contributed by atoms with Gasteiger partial charge in [-0.25, -0.2) is 0 Å². The molecule has 1 saturated heterocycles. The van der Waals surface area contributed by atoms with Crippen molar-refractivity contribution in [3.63, 3.8) is 0 Å². The van der Waals surface area contributed by atoms with E-state index in [9.17, 15) is 10.1 Å². The number of likely N-dealkylation sites (tertiary alicyclic amines) is 1. The van der Waals surface area contributed by atoms with Gasteiger partial charge in [0.25, 0.3) is 5.69 Å². The third-order valence-corrected chi connectivity index (χ3v) is 3.83. The van der Waals surface area contributed by atoms with Gasteiger partial charge in [-0.2, -0.15) is 0 Å². The number of hydrogen-bond donors (Lipinski definition) is 0. The van der Waals surface area contributed by atoms with Gasteiger partial charge < -0.3 is 0 Å². The number of rotatable bonds is 3. The zero-order valence-corrected chi connectivity index (χ0v) is 11.1. The summed E-state index contributed by atoms with van der Waals surface area (Å²) in [6, 6.07) is 5.00. The molecular formula is C12H15BrN2O2. The highest BCUT2D eigenvalue weighted by molar-refractivity contribution is 9.10. The van der Waals surface area contributed by atoms with Crippen LogP contribution in [0, 0.1) is 10.1 Å². The minimum Gasteiger partial charge on any atom is -0.299 e. The lowest BCUT2D eigenvalue weighted by molar-refractivity contribution is -0.384. The Balaban J connectivity index is 2.08. The average Bonchev–Trinajstić information content (AvgIpc) is 2.33. The average molecular weight is 299 g/mol. The van der Waals surface area contributed by atoms with Crippen LogP contribution in [0.4, 0.5) is 5.69 Å². The smallest absolute Gasteiger partial charge is 0.270 e. The Hall–Kier alpha value is -0.940. The van der Waals surface area contributed by atoms with E-state index in [2.05, 4.69) is 20.8 Å². The summed E-state index contributed by atoms with van der Waals surface area (Å²) in [7, 11) is 0. The third kappa shape index (κ3) is 3.26. The molecule has 0 atom stereocenters. The maximum Gasteiger partial charge on any atom is 0.270 e. The number of benzene rings is 1. The molecule has 0 saturated carbocycles. The molecule has 0 aromatic heterocycles. The van der Waals surface area contributed by atoms with Crippen LogP contribution in [0.25, 0.3) is 0 Å². The largest absolute Gasteiger partial charge is 0.299 e. The SMILES string of the molecule is O=[N+]([O-])c1ccc(CN2CCCCC2)c(Br)c1. The molecule has 0 bridgehead atoms. The third-order valence-electron chi connectivity index (χ3n) is 3.09. The molecule has 0 aliphatic carbocycles. The predicted octanol–water partition coefficient (Wildman–Crippen LogP) is 3.34. The molecule has 1 aromatic carbocycles. The summed E-state index contributed by atoms with van der Waals surface area (Å²) in [4.78, 5) is 12.7. The van der Waals surface area contributed by atoms with Crippen molar-refractivity contribution in [2.75, 3.05) is 13.1 Å². The van der Waals surface area contributed by atoms with Crippen molar-refractivity contribution in [3.8, 4) is 0 Å². The van der Waals surface area contributed by atoms with Gasteiger partial charge in [-0.1, -0.05) is 22.4 Å². The summed E-state index contributed by atoms with van der Waals surface area (Å²) in [5.41, 5.74) is 1.26. The Morgan fingerprint density at radius 3 is 2.59 bits per heavy atom. The van der Waals surface area contributed by atoms with Crippen LogP contribution >= 0.6 is 15.9 Å². The highest BCUT2D eigenvalue weighted by Crippen LogP contribution is 2.25. The molecule has 17 heavy (non-hydrogen) atoms. The van der Waals surface area contributed by atoms with Crippen LogP contribution in [-0.4, -0.2) is 22.9 Å². The Kier molecular flexibility index (Phi) is 4.12. The number of piperidine rings is 1. The monoisotopic (exact) mass is 298 g/mol. The minimum atomic E-state index is -0.366. The maximum absolute atomic E-state index is 10.6. The van der Waals surface area contributed by atoms with Crippen LogP contribution in [0.1, 0.15) is 24.8 Å². The minimum absolute atomic E-state index is 0.138. The lowest BCUT2D eigenvalue weighted by Crippen LogP contribution is -2.29. The lowest BCUT2D eigenvalue weighted by Gasteiger charge is -2.26. The molecule has 1 aliphatic rings. The molecule has 1 aromatic rings. The molecule has 5 heteroatoms. The molecule has 1 aliphatic heterocycles. The van der Waals surface area contributed by atoms with Crippen molar-refractivity contribution in [3.05, 3.63) is 38.3 Å². The van der Waals surface area contributed by atoms with E-state index >= 15 is 0 Å². The van der Waals surface area contributed by atoms with Gasteiger partial charge in [-0.05, 0) is 37.6 Å². The first-order valence-electron chi connectivity index (χ1n) is 5.82. The van der Waals surface area contributed by atoms with E-state index in [0.717, 1.165) is 29.7 Å². The van der Waals surface area contributed by atoms with Gasteiger partial charge in [-0.15, -0.1) is 0 Å². The van der Waals surface area contributed by atoms with Crippen LogP contribution < -0.4 is 0 Å². The fourth-order valence-electron chi connectivity index (χ4n) is 2.14. The number of halogens is 1. The molecule has 0 unspecified atom stereocenters. The Bertz CT molecular complexity index is 417. The first kappa shape index (κ1) is 12.5. The Morgan fingerprint density at radius 1 is 1.29 bits per heavy atom. The van der Waals surface area contributed by atoms with Crippen molar-refractivity contribution in [2.45, 2.75) is 25.8 Å². The number of hydrogen-bond acceptors (Lipinski definition) is 3. The van der Waals surface area contributed by atoms with E-state index < -0.39 is 0 Å².